The molecule has 0 fully saturated rings. The van der Waals surface area contributed by atoms with Crippen LogP contribution >= 0.6 is 0 Å². The van der Waals surface area contributed by atoms with E-state index >= 15 is 0 Å². The molecule has 1 aliphatic rings. The summed E-state index contributed by atoms with van der Waals surface area (Å²) in [5.41, 5.74) is 6.85. The molecule has 1 nitrogen and oxygen atoms in total. The van der Waals surface area contributed by atoms with Crippen LogP contribution in [0.1, 0.15) is 16.7 Å². The van der Waals surface area contributed by atoms with Crippen LogP contribution in [0.25, 0.3) is 11.1 Å². The van der Waals surface area contributed by atoms with Crippen molar-refractivity contribution in [1.82, 2.24) is 0 Å². The van der Waals surface area contributed by atoms with Crippen molar-refractivity contribution in [1.29, 1.82) is 0 Å². The van der Waals surface area contributed by atoms with Crippen molar-refractivity contribution in [2.45, 2.75) is 19.8 Å². The lowest BCUT2D eigenvalue weighted by atomic mass is 9.84. The molecule has 3 rings (SSSR count). The minimum atomic E-state index is 1.00. The molecule has 0 spiro atoms. The largest absolute Gasteiger partial charge is 0.496 e. The molecule has 2 aromatic carbocycles. The van der Waals surface area contributed by atoms with E-state index in [0.717, 1.165) is 18.6 Å². The Balaban J connectivity index is 2.23. The lowest BCUT2D eigenvalue weighted by Gasteiger charge is -2.21. The Bertz CT molecular complexity index is 570. The minimum absolute atomic E-state index is 1.00. The number of benzene rings is 2. The van der Waals surface area contributed by atoms with E-state index in [4.69, 9.17) is 4.74 Å². The third kappa shape index (κ3) is 1.62. The maximum Gasteiger partial charge on any atom is 0.122 e. The van der Waals surface area contributed by atoms with Crippen LogP contribution in [0.3, 0.4) is 0 Å². The van der Waals surface area contributed by atoms with Gasteiger partial charge in [-0.1, -0.05) is 24.3 Å². The summed E-state index contributed by atoms with van der Waals surface area (Å²) in [6, 6.07) is 13.2. The first kappa shape index (κ1) is 10.4. The molecule has 0 heterocycles. The molecule has 0 unspecified atom stereocenters. The lowest BCUT2D eigenvalue weighted by molar-refractivity contribution is 0.411. The molecule has 0 saturated heterocycles. The van der Waals surface area contributed by atoms with E-state index in [9.17, 15) is 0 Å². The smallest absolute Gasteiger partial charge is 0.122 e. The first-order valence-electron chi connectivity index (χ1n) is 6.05. The van der Waals surface area contributed by atoms with Gasteiger partial charge in [-0.15, -0.1) is 0 Å². The second-order valence-electron chi connectivity index (χ2n) is 4.64. The molecule has 1 heteroatoms. The fourth-order valence-electron chi connectivity index (χ4n) is 2.68. The summed E-state index contributed by atoms with van der Waals surface area (Å²) in [5, 5.41) is 0. The first-order valence-corrected chi connectivity index (χ1v) is 6.05. The Kier molecular flexibility index (Phi) is 2.40. The molecule has 0 aliphatic heterocycles. The van der Waals surface area contributed by atoms with Gasteiger partial charge in [-0.05, 0) is 59.7 Å². The van der Waals surface area contributed by atoms with Crippen LogP contribution < -0.4 is 4.74 Å². The molecule has 86 valence electrons. The molecule has 0 saturated carbocycles. The third-order valence-corrected chi connectivity index (χ3v) is 3.59. The SMILES string of the molecule is COc1cc2c(cc1C)-c1ccccc1CC2. The molecule has 0 atom stereocenters. The van der Waals surface area contributed by atoms with Gasteiger partial charge in [0.15, 0.2) is 0 Å². The molecular weight excluding hydrogens is 208 g/mol. The second kappa shape index (κ2) is 3.92. The lowest BCUT2D eigenvalue weighted by Crippen LogP contribution is -2.04. The molecule has 0 bridgehead atoms. The molecule has 0 radical (unpaired) electrons. The van der Waals surface area contributed by atoms with Crippen molar-refractivity contribution in [3.05, 3.63) is 53.1 Å². The number of fused-ring (bicyclic) bond motifs is 3. The van der Waals surface area contributed by atoms with Gasteiger partial charge in [0.05, 0.1) is 7.11 Å². The summed E-state index contributed by atoms with van der Waals surface area (Å²) in [6.07, 6.45) is 2.25. The molecule has 17 heavy (non-hydrogen) atoms. The molecule has 0 amide bonds. The van der Waals surface area contributed by atoms with E-state index in [0.29, 0.717) is 0 Å². The van der Waals surface area contributed by atoms with Gasteiger partial charge in [0.25, 0.3) is 0 Å². The van der Waals surface area contributed by atoms with Gasteiger partial charge in [0, 0.05) is 0 Å². The van der Waals surface area contributed by atoms with Crippen LogP contribution in [0.4, 0.5) is 0 Å². The fourth-order valence-corrected chi connectivity index (χ4v) is 2.68. The van der Waals surface area contributed by atoms with Crippen LogP contribution in [0.15, 0.2) is 36.4 Å². The van der Waals surface area contributed by atoms with E-state index in [1.807, 2.05) is 0 Å². The highest BCUT2D eigenvalue weighted by atomic mass is 16.5. The summed E-state index contributed by atoms with van der Waals surface area (Å²) >= 11 is 0. The zero-order chi connectivity index (χ0) is 11.8. The maximum absolute atomic E-state index is 5.40. The summed E-state index contributed by atoms with van der Waals surface area (Å²) in [7, 11) is 1.74. The standard InChI is InChI=1S/C16H16O/c1-11-9-15-13(10-16(11)17-2)8-7-12-5-3-4-6-14(12)15/h3-6,9-10H,7-8H2,1-2H3. The Morgan fingerprint density at radius 1 is 0.941 bits per heavy atom. The van der Waals surface area contributed by atoms with Crippen LogP contribution in [0.5, 0.6) is 5.75 Å². The number of aryl methyl sites for hydroxylation is 3. The Hall–Kier alpha value is -1.76. The van der Waals surface area contributed by atoms with E-state index in [1.54, 1.807) is 7.11 Å². The van der Waals surface area contributed by atoms with E-state index in [-0.39, 0.29) is 0 Å². The van der Waals surface area contributed by atoms with Crippen molar-refractivity contribution in [2.75, 3.05) is 7.11 Å². The van der Waals surface area contributed by atoms with Gasteiger partial charge in [-0.2, -0.15) is 0 Å². The van der Waals surface area contributed by atoms with Crippen molar-refractivity contribution in [3.8, 4) is 16.9 Å². The van der Waals surface area contributed by atoms with Crippen LogP contribution in [0.2, 0.25) is 0 Å². The summed E-state index contributed by atoms with van der Waals surface area (Å²) in [5.74, 6) is 1.00. The van der Waals surface area contributed by atoms with Crippen molar-refractivity contribution < 1.29 is 4.74 Å². The third-order valence-electron chi connectivity index (χ3n) is 3.59. The summed E-state index contributed by atoms with van der Waals surface area (Å²) in [4.78, 5) is 0. The van der Waals surface area contributed by atoms with E-state index in [2.05, 4.69) is 43.3 Å². The van der Waals surface area contributed by atoms with Gasteiger partial charge < -0.3 is 4.74 Å². The second-order valence-corrected chi connectivity index (χ2v) is 4.64. The molecule has 0 N–H and O–H groups in total. The Labute approximate surface area is 102 Å². The molecule has 0 aromatic heterocycles. The van der Waals surface area contributed by atoms with Gasteiger partial charge in [0.2, 0.25) is 0 Å². The van der Waals surface area contributed by atoms with Crippen molar-refractivity contribution in [3.63, 3.8) is 0 Å². The number of rotatable bonds is 1. The highest BCUT2D eigenvalue weighted by Crippen LogP contribution is 2.36. The van der Waals surface area contributed by atoms with Crippen LogP contribution in [0, 0.1) is 6.92 Å². The van der Waals surface area contributed by atoms with Gasteiger partial charge in [-0.3, -0.25) is 0 Å². The maximum atomic E-state index is 5.40. The number of hydrogen-bond donors (Lipinski definition) is 0. The normalized spacial score (nSPS) is 12.8. The predicted molar refractivity (Wildman–Crippen MR) is 70.6 cm³/mol. The quantitative estimate of drug-likeness (QED) is 0.716. The number of ether oxygens (including phenoxy) is 1. The Morgan fingerprint density at radius 3 is 2.53 bits per heavy atom. The summed E-state index contributed by atoms with van der Waals surface area (Å²) < 4.78 is 5.40. The van der Waals surface area contributed by atoms with Crippen molar-refractivity contribution >= 4 is 0 Å². The average Bonchev–Trinajstić information content (AvgIpc) is 2.38. The zero-order valence-corrected chi connectivity index (χ0v) is 10.3. The first-order chi connectivity index (χ1) is 8.29. The molecular formula is C16H16O. The van der Waals surface area contributed by atoms with Crippen LogP contribution in [-0.4, -0.2) is 7.11 Å². The fraction of sp³-hybridized carbons (Fsp3) is 0.250. The average molecular weight is 224 g/mol. The zero-order valence-electron chi connectivity index (χ0n) is 10.3. The minimum Gasteiger partial charge on any atom is -0.496 e. The Morgan fingerprint density at radius 2 is 1.71 bits per heavy atom. The van der Waals surface area contributed by atoms with E-state index in [1.165, 1.54) is 27.8 Å². The highest BCUT2D eigenvalue weighted by molar-refractivity contribution is 5.74. The van der Waals surface area contributed by atoms with Crippen molar-refractivity contribution in [2.24, 2.45) is 0 Å². The topological polar surface area (TPSA) is 9.23 Å². The molecule has 1 aliphatic carbocycles. The predicted octanol–water partition coefficient (Wildman–Crippen LogP) is 3.77. The van der Waals surface area contributed by atoms with Gasteiger partial charge >= 0.3 is 0 Å². The molecule has 2 aromatic rings. The van der Waals surface area contributed by atoms with Crippen LogP contribution in [-0.2, 0) is 12.8 Å². The number of hydrogen-bond acceptors (Lipinski definition) is 1. The van der Waals surface area contributed by atoms with Gasteiger partial charge in [0.1, 0.15) is 5.75 Å². The number of methoxy groups -OCH3 is 1. The summed E-state index contributed by atoms with van der Waals surface area (Å²) in [6.45, 7) is 2.11. The highest BCUT2D eigenvalue weighted by Gasteiger charge is 2.17. The van der Waals surface area contributed by atoms with E-state index < -0.39 is 0 Å². The monoisotopic (exact) mass is 224 g/mol. The van der Waals surface area contributed by atoms with Gasteiger partial charge in [-0.25, -0.2) is 0 Å².